The highest BCUT2D eigenvalue weighted by atomic mass is 35.5. The number of rotatable bonds is 2. The molecule has 1 spiro atoms. The summed E-state index contributed by atoms with van der Waals surface area (Å²) in [7, 11) is -2.41. The molecule has 8 rings (SSSR count). The number of carbonyl (C=O) groups excluding carboxylic acids is 2. The van der Waals surface area contributed by atoms with Gasteiger partial charge >= 0.3 is 0 Å². The number of benzene rings is 2. The van der Waals surface area contributed by atoms with E-state index in [1.54, 1.807) is 38.6 Å². The standard InChI is InChI=1S/C34H41ClN2O6S.C7H9N3/c1-22-6-4-15-34(20-38,42-3)29-11-8-26(29)18-37-19-33(14-5-7-24-16-27(35)10-12-28(24)33)21-43-31-13-9-25(17-30(31)37)32(39)36-44(40,41)23(22)2;1-2-8-4-7-6(1)3-9-5-10-7/h4,9-10,12-13,15-17,20,22-23,26,29H,5-8,11,14,18-19,21H2,1-3H3,(H,36,39);3,5,8H,1-2,4H2/b15-4+;/t22-,23+,26-,29+,33-,34+;/m0./s1. The molecule has 288 valence electrons. The van der Waals surface area contributed by atoms with E-state index in [4.69, 9.17) is 21.1 Å². The minimum absolute atomic E-state index is 0.0434. The number of fused-ring (bicyclic) bond motifs is 5. The van der Waals surface area contributed by atoms with E-state index in [0.29, 0.717) is 36.9 Å². The zero-order valence-electron chi connectivity index (χ0n) is 31.2. The molecule has 0 saturated heterocycles. The number of methoxy groups -OCH3 is 1. The molecule has 6 atom stereocenters. The van der Waals surface area contributed by atoms with Crippen LogP contribution >= 0.6 is 11.6 Å². The number of anilines is 1. The van der Waals surface area contributed by atoms with Crippen LogP contribution in [0.5, 0.6) is 5.75 Å². The smallest absolute Gasteiger partial charge is 0.264 e. The molecule has 2 bridgehead atoms. The lowest BCUT2D eigenvalue weighted by atomic mass is 9.64. The Hall–Kier alpha value is -3.84. The predicted molar refractivity (Wildman–Crippen MR) is 208 cm³/mol. The van der Waals surface area contributed by atoms with Crippen LogP contribution in [0.15, 0.2) is 61.1 Å². The number of carbonyl (C=O) groups is 2. The Morgan fingerprint density at radius 3 is 2.72 bits per heavy atom. The minimum Gasteiger partial charge on any atom is -0.490 e. The molecule has 11 nitrogen and oxygen atoms in total. The highest BCUT2D eigenvalue weighted by molar-refractivity contribution is 7.90. The van der Waals surface area contributed by atoms with E-state index in [9.17, 15) is 18.0 Å². The molecule has 1 fully saturated rings. The number of allylic oxidation sites excluding steroid dienone is 1. The summed E-state index contributed by atoms with van der Waals surface area (Å²) in [6, 6.07) is 11.3. The van der Waals surface area contributed by atoms with E-state index in [2.05, 4.69) is 37.0 Å². The van der Waals surface area contributed by atoms with E-state index >= 15 is 0 Å². The number of aromatic nitrogens is 2. The van der Waals surface area contributed by atoms with Gasteiger partial charge in [-0.1, -0.05) is 30.7 Å². The first-order chi connectivity index (χ1) is 26.0. The lowest BCUT2D eigenvalue weighted by Crippen LogP contribution is -2.53. The van der Waals surface area contributed by atoms with Gasteiger partial charge in [-0.2, -0.15) is 0 Å². The van der Waals surface area contributed by atoms with Gasteiger partial charge in [0.05, 0.1) is 23.2 Å². The van der Waals surface area contributed by atoms with E-state index in [1.807, 2.05) is 31.3 Å². The Morgan fingerprint density at radius 1 is 1.11 bits per heavy atom. The van der Waals surface area contributed by atoms with Crippen LogP contribution in [0.4, 0.5) is 5.69 Å². The Bertz CT molecular complexity index is 2000. The molecule has 1 amide bonds. The monoisotopic (exact) mass is 775 g/mol. The number of nitrogens with one attached hydrogen (secondary N) is 2. The van der Waals surface area contributed by atoms with Crippen LogP contribution in [0.3, 0.4) is 0 Å². The van der Waals surface area contributed by atoms with Crippen molar-refractivity contribution >= 4 is 39.5 Å². The number of hydrogen-bond acceptors (Lipinski definition) is 10. The second kappa shape index (κ2) is 15.7. The fourth-order valence-corrected chi connectivity index (χ4v) is 10.3. The summed E-state index contributed by atoms with van der Waals surface area (Å²) >= 11 is 6.40. The molecule has 4 heterocycles. The molecule has 2 aliphatic carbocycles. The Balaban J connectivity index is 0.000000386. The third kappa shape index (κ3) is 7.54. The van der Waals surface area contributed by atoms with Crippen molar-refractivity contribution in [1.82, 2.24) is 20.0 Å². The van der Waals surface area contributed by atoms with Crippen LogP contribution in [-0.2, 0) is 44.4 Å². The van der Waals surface area contributed by atoms with Gasteiger partial charge in [-0.25, -0.2) is 23.1 Å². The lowest BCUT2D eigenvalue weighted by molar-refractivity contribution is -0.135. The first-order valence-corrected chi connectivity index (χ1v) is 20.9. The molecule has 3 aromatic rings. The average Bonchev–Trinajstić information content (AvgIpc) is 3.32. The second-order valence-corrected chi connectivity index (χ2v) is 18.1. The molecule has 54 heavy (non-hydrogen) atoms. The normalized spacial score (nSPS) is 30.7. The zero-order chi connectivity index (χ0) is 38.1. The number of hydrogen-bond donors (Lipinski definition) is 2. The van der Waals surface area contributed by atoms with Crippen LogP contribution in [0, 0.1) is 17.8 Å². The average molecular weight is 776 g/mol. The molecule has 5 aliphatic rings. The van der Waals surface area contributed by atoms with Crippen LogP contribution in [-0.4, -0.2) is 74.8 Å². The Labute approximate surface area is 323 Å². The number of ether oxygens (including phenoxy) is 2. The van der Waals surface area contributed by atoms with Crippen molar-refractivity contribution in [3.8, 4) is 5.75 Å². The van der Waals surface area contributed by atoms with Gasteiger partial charge in [0.15, 0.2) is 6.29 Å². The van der Waals surface area contributed by atoms with Gasteiger partial charge in [-0.3, -0.25) is 9.59 Å². The van der Waals surface area contributed by atoms with Gasteiger partial charge in [0.1, 0.15) is 17.7 Å². The topological polar surface area (TPSA) is 140 Å². The van der Waals surface area contributed by atoms with Crippen molar-refractivity contribution < 1.29 is 27.5 Å². The summed E-state index contributed by atoms with van der Waals surface area (Å²) in [6.45, 7) is 7.13. The van der Waals surface area contributed by atoms with E-state index in [1.165, 1.54) is 16.7 Å². The van der Waals surface area contributed by atoms with Crippen LogP contribution in [0.1, 0.15) is 78.7 Å². The van der Waals surface area contributed by atoms with E-state index in [0.717, 1.165) is 69.3 Å². The van der Waals surface area contributed by atoms with Gasteiger partial charge in [-0.15, -0.1) is 0 Å². The molecule has 1 aromatic heterocycles. The first-order valence-electron chi connectivity index (χ1n) is 19.0. The number of aryl methyl sites for hydroxylation is 1. The Kier molecular flexibility index (Phi) is 11.2. The van der Waals surface area contributed by atoms with Crippen molar-refractivity contribution in [3.63, 3.8) is 0 Å². The second-order valence-electron chi connectivity index (χ2n) is 15.6. The third-order valence-electron chi connectivity index (χ3n) is 12.4. The fourth-order valence-electron chi connectivity index (χ4n) is 8.86. The molecule has 0 radical (unpaired) electrons. The summed E-state index contributed by atoms with van der Waals surface area (Å²) in [5, 5.41) is 3.13. The summed E-state index contributed by atoms with van der Waals surface area (Å²) in [5.41, 5.74) is 4.50. The van der Waals surface area contributed by atoms with Crippen molar-refractivity contribution in [2.45, 2.75) is 81.6 Å². The highest BCUT2D eigenvalue weighted by Crippen LogP contribution is 2.48. The molecule has 2 N–H and O–H groups in total. The number of amides is 1. The zero-order valence-corrected chi connectivity index (χ0v) is 32.8. The van der Waals surface area contributed by atoms with Crippen LogP contribution < -0.4 is 19.7 Å². The quantitative estimate of drug-likeness (QED) is 0.250. The van der Waals surface area contributed by atoms with Crippen LogP contribution in [0.2, 0.25) is 5.02 Å². The van der Waals surface area contributed by atoms with Crippen molar-refractivity contribution in [2.24, 2.45) is 17.8 Å². The summed E-state index contributed by atoms with van der Waals surface area (Å²) in [5.74, 6) is -0.203. The first kappa shape index (κ1) is 38.4. The van der Waals surface area contributed by atoms with E-state index < -0.39 is 26.8 Å². The maximum atomic E-state index is 13.4. The van der Waals surface area contributed by atoms with Gasteiger partial charge < -0.3 is 19.7 Å². The van der Waals surface area contributed by atoms with E-state index in [-0.39, 0.29) is 28.7 Å². The van der Waals surface area contributed by atoms with Gasteiger partial charge in [0.25, 0.3) is 5.91 Å². The minimum atomic E-state index is -3.97. The highest BCUT2D eigenvalue weighted by Gasteiger charge is 2.49. The van der Waals surface area contributed by atoms with Gasteiger partial charge in [-0.05, 0) is 123 Å². The Morgan fingerprint density at radius 2 is 1.96 bits per heavy atom. The SMILES string of the molecule is CO[C@@]1(C=O)/C=C/C[C@H](C)[C@@H](C)S(=O)(=O)NC(=O)c2ccc3c(c2)N(C[C@@H]2CC[C@H]21)C[C@@]1(CCCc2cc(Cl)ccc21)CO3.c1ncc2c(n1)CNCC2. The maximum Gasteiger partial charge on any atom is 0.264 e. The maximum absolute atomic E-state index is 13.4. The lowest BCUT2D eigenvalue weighted by Gasteiger charge is -2.48. The largest absolute Gasteiger partial charge is 0.490 e. The van der Waals surface area contributed by atoms with Gasteiger partial charge in [0, 0.05) is 54.9 Å². The summed E-state index contributed by atoms with van der Waals surface area (Å²) in [4.78, 5) is 36.5. The molecule has 2 aromatic carbocycles. The van der Waals surface area contributed by atoms with Crippen LogP contribution in [0.25, 0.3) is 0 Å². The summed E-state index contributed by atoms with van der Waals surface area (Å²) < 4.78 is 41.3. The molecule has 1 saturated carbocycles. The third-order valence-corrected chi connectivity index (χ3v) is 14.6. The van der Waals surface area contributed by atoms with Crippen molar-refractivity contribution in [2.75, 3.05) is 38.3 Å². The van der Waals surface area contributed by atoms with Gasteiger partial charge in [0.2, 0.25) is 10.0 Å². The van der Waals surface area contributed by atoms with Crippen molar-refractivity contribution in [3.05, 3.63) is 94.0 Å². The molecule has 13 heteroatoms. The fraction of sp³-hybridized carbons (Fsp3) is 0.512. The number of sulfonamides is 1. The molecular formula is C41H50ClN5O6S. The number of aldehydes is 1. The number of nitrogens with zero attached hydrogens (tertiary/aromatic N) is 3. The number of halogens is 1. The summed E-state index contributed by atoms with van der Waals surface area (Å²) in [6.07, 6.45) is 14.2. The van der Waals surface area contributed by atoms with Crippen molar-refractivity contribution in [1.29, 1.82) is 0 Å². The molecule has 3 aliphatic heterocycles. The predicted octanol–water partition coefficient (Wildman–Crippen LogP) is 5.59. The molecular weight excluding hydrogens is 726 g/mol. The molecule has 0 unspecified atom stereocenters.